The Balaban J connectivity index is 2.19. The first kappa shape index (κ1) is 13.9. The van der Waals surface area contributed by atoms with Gasteiger partial charge in [-0.1, -0.05) is 6.07 Å². The molecule has 0 spiro atoms. The van der Waals surface area contributed by atoms with Crippen molar-refractivity contribution in [3.8, 4) is 0 Å². The number of benzene rings is 1. The van der Waals surface area contributed by atoms with Crippen molar-refractivity contribution in [3.05, 3.63) is 59.5 Å². The van der Waals surface area contributed by atoms with E-state index in [-0.39, 0.29) is 11.5 Å². The van der Waals surface area contributed by atoms with E-state index < -0.39 is 5.97 Å². The third-order valence-electron chi connectivity index (χ3n) is 2.98. The molecule has 0 fully saturated rings. The summed E-state index contributed by atoms with van der Waals surface area (Å²) in [4.78, 5) is 24.9. The first-order valence-electron chi connectivity index (χ1n) is 6.25. The zero-order valence-corrected chi connectivity index (χ0v) is 11.1. The lowest BCUT2D eigenvalue weighted by atomic mass is 10.1. The fourth-order valence-electron chi connectivity index (χ4n) is 1.90. The minimum atomic E-state index is -1.04. The molecule has 5 heteroatoms. The zero-order valence-electron chi connectivity index (χ0n) is 11.1. The quantitative estimate of drug-likeness (QED) is 0.909. The normalized spacial score (nSPS) is 10.2. The van der Waals surface area contributed by atoms with Crippen molar-refractivity contribution in [2.45, 2.75) is 13.5 Å². The predicted octanol–water partition coefficient (Wildman–Crippen LogP) is 2.64. The largest absolute Gasteiger partial charge is 0.478 e. The summed E-state index contributed by atoms with van der Waals surface area (Å²) in [5.41, 5.74) is 1.38. The van der Waals surface area contributed by atoms with Gasteiger partial charge in [0.25, 0.3) is 5.91 Å². The molecular weight excluding hydrogens is 258 g/mol. The summed E-state index contributed by atoms with van der Waals surface area (Å²) in [5.74, 6) is -1.24. The van der Waals surface area contributed by atoms with Crippen molar-refractivity contribution >= 4 is 11.9 Å². The molecule has 0 unspecified atom stereocenters. The number of hydrogen-bond acceptors (Lipinski definition) is 3. The predicted molar refractivity (Wildman–Crippen MR) is 72.5 cm³/mol. The van der Waals surface area contributed by atoms with Gasteiger partial charge in [-0.15, -0.1) is 0 Å². The number of rotatable bonds is 5. The molecule has 2 rings (SSSR count). The molecule has 0 atom stereocenters. The highest BCUT2D eigenvalue weighted by molar-refractivity contribution is 5.97. The molecule has 0 saturated heterocycles. The van der Waals surface area contributed by atoms with Crippen LogP contribution in [0.3, 0.4) is 0 Å². The number of carboxylic acid groups (broad SMARTS) is 1. The topological polar surface area (TPSA) is 70.8 Å². The molecule has 0 saturated carbocycles. The number of carboxylic acids is 1. The van der Waals surface area contributed by atoms with E-state index >= 15 is 0 Å². The number of carbonyl (C=O) groups excluding carboxylic acids is 1. The number of nitrogens with zero attached hydrogens (tertiary/aromatic N) is 1. The van der Waals surface area contributed by atoms with Gasteiger partial charge in [0.2, 0.25) is 0 Å². The average Bonchev–Trinajstić information content (AvgIpc) is 2.97. The van der Waals surface area contributed by atoms with Crippen LogP contribution in [0, 0.1) is 0 Å². The summed E-state index contributed by atoms with van der Waals surface area (Å²) < 4.78 is 4.98. The van der Waals surface area contributed by atoms with Crippen molar-refractivity contribution < 1.29 is 19.1 Å². The molecule has 0 radical (unpaired) electrons. The zero-order chi connectivity index (χ0) is 14.5. The Kier molecular flexibility index (Phi) is 4.20. The van der Waals surface area contributed by atoms with Gasteiger partial charge in [0, 0.05) is 24.2 Å². The van der Waals surface area contributed by atoms with Crippen molar-refractivity contribution in [1.29, 1.82) is 0 Å². The van der Waals surface area contributed by atoms with Crippen LogP contribution in [0.4, 0.5) is 0 Å². The van der Waals surface area contributed by atoms with Crippen LogP contribution in [0.1, 0.15) is 33.2 Å². The molecule has 5 nitrogen and oxygen atoms in total. The lowest BCUT2D eigenvalue weighted by Gasteiger charge is -2.20. The Labute approximate surface area is 116 Å². The fraction of sp³-hybridized carbons (Fsp3) is 0.200. The van der Waals surface area contributed by atoms with E-state index in [0.717, 1.165) is 5.56 Å². The van der Waals surface area contributed by atoms with E-state index in [4.69, 9.17) is 9.52 Å². The molecule has 1 amide bonds. The summed E-state index contributed by atoms with van der Waals surface area (Å²) in [6.07, 6.45) is 3.14. The van der Waals surface area contributed by atoms with Crippen LogP contribution in [0.25, 0.3) is 0 Å². The summed E-state index contributed by atoms with van der Waals surface area (Å²) >= 11 is 0. The lowest BCUT2D eigenvalue weighted by molar-refractivity contribution is 0.0697. The third-order valence-corrected chi connectivity index (χ3v) is 2.98. The SMILES string of the molecule is CCN(Cc1ccoc1)C(=O)c1cccc(C(=O)O)c1. The Bertz CT molecular complexity index is 604. The molecule has 20 heavy (non-hydrogen) atoms. The minimum Gasteiger partial charge on any atom is -0.478 e. The molecule has 1 heterocycles. The van der Waals surface area contributed by atoms with Crippen molar-refractivity contribution in [2.24, 2.45) is 0 Å². The third kappa shape index (κ3) is 3.06. The molecule has 1 N–H and O–H groups in total. The van der Waals surface area contributed by atoms with E-state index in [1.165, 1.54) is 12.1 Å². The summed E-state index contributed by atoms with van der Waals surface area (Å²) in [5, 5.41) is 8.96. The van der Waals surface area contributed by atoms with Crippen molar-refractivity contribution in [1.82, 2.24) is 4.90 Å². The van der Waals surface area contributed by atoms with Gasteiger partial charge in [-0.3, -0.25) is 4.79 Å². The Hall–Kier alpha value is -2.56. The molecular formula is C15H15NO4. The van der Waals surface area contributed by atoms with Crippen LogP contribution >= 0.6 is 0 Å². The van der Waals surface area contributed by atoms with Gasteiger partial charge in [-0.05, 0) is 31.2 Å². The maximum atomic E-state index is 12.4. The van der Waals surface area contributed by atoms with Crippen LogP contribution < -0.4 is 0 Å². The van der Waals surface area contributed by atoms with E-state index in [1.807, 2.05) is 6.92 Å². The molecule has 1 aromatic heterocycles. The van der Waals surface area contributed by atoms with Gasteiger partial charge < -0.3 is 14.4 Å². The fourth-order valence-corrected chi connectivity index (χ4v) is 1.90. The molecule has 0 aliphatic rings. The average molecular weight is 273 g/mol. The highest BCUT2D eigenvalue weighted by atomic mass is 16.4. The van der Waals surface area contributed by atoms with Crippen LogP contribution in [0.2, 0.25) is 0 Å². The van der Waals surface area contributed by atoms with Gasteiger partial charge in [0.1, 0.15) is 0 Å². The lowest BCUT2D eigenvalue weighted by Crippen LogP contribution is -2.30. The van der Waals surface area contributed by atoms with Crippen LogP contribution in [0.5, 0.6) is 0 Å². The van der Waals surface area contributed by atoms with Gasteiger partial charge in [-0.2, -0.15) is 0 Å². The first-order chi connectivity index (χ1) is 9.61. The molecule has 104 valence electrons. The maximum Gasteiger partial charge on any atom is 0.335 e. The second-order valence-corrected chi connectivity index (χ2v) is 4.34. The van der Waals surface area contributed by atoms with Crippen molar-refractivity contribution in [2.75, 3.05) is 6.54 Å². The summed E-state index contributed by atoms with van der Waals surface area (Å²) in [6, 6.07) is 7.84. The van der Waals surface area contributed by atoms with E-state index in [9.17, 15) is 9.59 Å². The highest BCUT2D eigenvalue weighted by Gasteiger charge is 2.16. The molecule has 0 bridgehead atoms. The second kappa shape index (κ2) is 6.06. The minimum absolute atomic E-state index is 0.107. The van der Waals surface area contributed by atoms with Crippen LogP contribution in [-0.2, 0) is 6.54 Å². The van der Waals surface area contributed by atoms with Crippen LogP contribution in [0.15, 0.2) is 47.3 Å². The standard InChI is InChI=1S/C15H15NO4/c1-2-16(9-11-6-7-20-10-11)14(17)12-4-3-5-13(8-12)15(18)19/h3-8,10H,2,9H2,1H3,(H,18,19). The first-order valence-corrected chi connectivity index (χ1v) is 6.25. The van der Waals surface area contributed by atoms with Gasteiger partial charge >= 0.3 is 5.97 Å². The van der Waals surface area contributed by atoms with Crippen LogP contribution in [-0.4, -0.2) is 28.4 Å². The number of hydrogen-bond donors (Lipinski definition) is 1. The second-order valence-electron chi connectivity index (χ2n) is 4.34. The monoisotopic (exact) mass is 273 g/mol. The van der Waals surface area contributed by atoms with E-state index in [2.05, 4.69) is 0 Å². The Morgan fingerprint density at radius 2 is 2.00 bits per heavy atom. The van der Waals surface area contributed by atoms with Gasteiger partial charge in [0.15, 0.2) is 0 Å². The van der Waals surface area contributed by atoms with Crippen molar-refractivity contribution in [3.63, 3.8) is 0 Å². The van der Waals surface area contributed by atoms with E-state index in [1.54, 1.807) is 35.6 Å². The molecule has 0 aliphatic heterocycles. The smallest absolute Gasteiger partial charge is 0.335 e. The molecule has 0 aliphatic carbocycles. The Morgan fingerprint density at radius 3 is 2.60 bits per heavy atom. The number of aromatic carboxylic acids is 1. The number of carbonyl (C=O) groups is 2. The molecule has 1 aromatic carbocycles. The number of furan rings is 1. The van der Waals surface area contributed by atoms with E-state index in [0.29, 0.717) is 18.7 Å². The summed E-state index contributed by atoms with van der Waals surface area (Å²) in [7, 11) is 0. The molecule has 2 aromatic rings. The summed E-state index contributed by atoms with van der Waals surface area (Å²) in [6.45, 7) is 2.84. The maximum absolute atomic E-state index is 12.4. The highest BCUT2D eigenvalue weighted by Crippen LogP contribution is 2.12. The van der Waals surface area contributed by atoms with Gasteiger partial charge in [-0.25, -0.2) is 4.79 Å². The number of amides is 1. The van der Waals surface area contributed by atoms with Gasteiger partial charge in [0.05, 0.1) is 18.1 Å². The Morgan fingerprint density at radius 1 is 1.25 bits per heavy atom.